The molecule has 0 aliphatic carbocycles. The lowest BCUT2D eigenvalue weighted by Crippen LogP contribution is -2.28. The van der Waals surface area contributed by atoms with Gasteiger partial charge in [0, 0.05) is 0 Å². The van der Waals surface area contributed by atoms with Crippen molar-refractivity contribution in [1.82, 2.24) is 15.4 Å². The van der Waals surface area contributed by atoms with E-state index < -0.39 is 5.41 Å². The Morgan fingerprint density at radius 2 is 2.38 bits per heavy atom. The zero-order chi connectivity index (χ0) is 9.90. The van der Waals surface area contributed by atoms with E-state index in [1.165, 1.54) is 6.20 Å². The van der Waals surface area contributed by atoms with Crippen LogP contribution in [0.1, 0.15) is 27.2 Å². The highest BCUT2D eigenvalue weighted by atomic mass is 16.5. The third-order valence-corrected chi connectivity index (χ3v) is 2.03. The summed E-state index contributed by atoms with van der Waals surface area (Å²) in [6.07, 6.45) is 2.16. The van der Waals surface area contributed by atoms with Gasteiger partial charge < -0.3 is 4.74 Å². The molecule has 0 unspecified atom stereocenters. The second-order valence-electron chi connectivity index (χ2n) is 3.44. The van der Waals surface area contributed by atoms with Crippen LogP contribution in [0.5, 0.6) is 5.88 Å². The van der Waals surface area contributed by atoms with Gasteiger partial charge in [-0.3, -0.25) is 9.89 Å². The van der Waals surface area contributed by atoms with Gasteiger partial charge in [0.05, 0.1) is 11.6 Å². The van der Waals surface area contributed by atoms with Crippen molar-refractivity contribution in [3.05, 3.63) is 6.20 Å². The number of hydrogen-bond acceptors (Lipinski definition) is 4. The minimum Gasteiger partial charge on any atom is -0.404 e. The van der Waals surface area contributed by atoms with Gasteiger partial charge >= 0.3 is 5.97 Å². The summed E-state index contributed by atoms with van der Waals surface area (Å²) in [4.78, 5) is 11.5. The summed E-state index contributed by atoms with van der Waals surface area (Å²) < 4.78 is 4.97. The Morgan fingerprint density at radius 3 is 2.85 bits per heavy atom. The van der Waals surface area contributed by atoms with Gasteiger partial charge in [0.15, 0.2) is 0 Å². The molecule has 0 aliphatic rings. The number of carbonyl (C=O) groups is 1. The van der Waals surface area contributed by atoms with E-state index in [9.17, 15) is 4.79 Å². The fourth-order valence-electron chi connectivity index (χ4n) is 0.618. The van der Waals surface area contributed by atoms with Gasteiger partial charge in [-0.25, -0.2) is 0 Å². The van der Waals surface area contributed by atoms with E-state index in [1.807, 2.05) is 20.8 Å². The van der Waals surface area contributed by atoms with Gasteiger partial charge in [0.1, 0.15) is 0 Å². The Labute approximate surface area is 76.5 Å². The number of nitrogens with one attached hydrogen (secondary N) is 1. The SMILES string of the molecule is CCC(C)(C)C(=O)Oc1c[nH]nn1. The van der Waals surface area contributed by atoms with E-state index in [-0.39, 0.29) is 11.8 Å². The largest absolute Gasteiger partial charge is 0.404 e. The van der Waals surface area contributed by atoms with Crippen LogP contribution < -0.4 is 4.74 Å². The molecule has 0 radical (unpaired) electrons. The summed E-state index contributed by atoms with van der Waals surface area (Å²) in [7, 11) is 0. The molecule has 72 valence electrons. The molecule has 0 atom stereocenters. The number of nitrogens with zero attached hydrogens (tertiary/aromatic N) is 2. The quantitative estimate of drug-likeness (QED) is 0.713. The lowest BCUT2D eigenvalue weighted by Gasteiger charge is -2.18. The molecule has 1 aromatic heterocycles. The predicted molar refractivity (Wildman–Crippen MR) is 46.1 cm³/mol. The second-order valence-corrected chi connectivity index (χ2v) is 3.44. The molecule has 1 aromatic rings. The summed E-state index contributed by atoms with van der Waals surface area (Å²) in [5.74, 6) is -0.0737. The number of H-pyrrole nitrogens is 1. The molecule has 13 heavy (non-hydrogen) atoms. The highest BCUT2D eigenvalue weighted by molar-refractivity contribution is 5.77. The van der Waals surface area contributed by atoms with E-state index in [0.717, 1.165) is 6.42 Å². The minimum atomic E-state index is -0.473. The van der Waals surface area contributed by atoms with Gasteiger partial charge in [-0.1, -0.05) is 17.2 Å². The van der Waals surface area contributed by atoms with Crippen LogP contribution in [0.2, 0.25) is 0 Å². The number of esters is 1. The predicted octanol–water partition coefficient (Wildman–Crippen LogP) is 1.15. The standard InChI is InChI=1S/C8H13N3O2/c1-4-8(2,3)7(12)13-6-5-9-11-10-6/h5H,4H2,1-3H3,(H,9,10,11). The van der Waals surface area contributed by atoms with Gasteiger partial charge in [-0.05, 0) is 20.3 Å². The first-order valence-corrected chi connectivity index (χ1v) is 4.15. The summed E-state index contributed by atoms with van der Waals surface area (Å²) in [5, 5.41) is 9.45. The Morgan fingerprint density at radius 1 is 1.69 bits per heavy atom. The lowest BCUT2D eigenvalue weighted by atomic mass is 9.91. The molecule has 1 rings (SSSR count). The third kappa shape index (κ3) is 2.27. The van der Waals surface area contributed by atoms with Crippen LogP contribution in [0.3, 0.4) is 0 Å². The fourth-order valence-corrected chi connectivity index (χ4v) is 0.618. The molecule has 0 fully saturated rings. The zero-order valence-corrected chi connectivity index (χ0v) is 8.00. The van der Waals surface area contributed by atoms with Crippen LogP contribution in [0.15, 0.2) is 6.20 Å². The number of carbonyl (C=O) groups excluding carboxylic acids is 1. The molecule has 1 heterocycles. The Balaban J connectivity index is 2.61. The number of aromatic nitrogens is 3. The topological polar surface area (TPSA) is 67.9 Å². The van der Waals surface area contributed by atoms with Crippen LogP contribution in [-0.4, -0.2) is 21.4 Å². The fraction of sp³-hybridized carbons (Fsp3) is 0.625. The lowest BCUT2D eigenvalue weighted by molar-refractivity contribution is -0.144. The first kappa shape index (κ1) is 9.70. The second kappa shape index (κ2) is 3.55. The van der Waals surface area contributed by atoms with Crippen molar-refractivity contribution in [1.29, 1.82) is 0 Å². The summed E-state index contributed by atoms with van der Waals surface area (Å²) in [5.41, 5.74) is -0.473. The van der Waals surface area contributed by atoms with Crippen LogP contribution in [0, 0.1) is 5.41 Å². The van der Waals surface area contributed by atoms with E-state index in [1.54, 1.807) is 0 Å². The number of rotatable bonds is 3. The van der Waals surface area contributed by atoms with Crippen LogP contribution >= 0.6 is 0 Å². The van der Waals surface area contributed by atoms with Crippen molar-refractivity contribution in [2.45, 2.75) is 27.2 Å². The van der Waals surface area contributed by atoms with Crippen molar-refractivity contribution < 1.29 is 9.53 Å². The maximum atomic E-state index is 11.5. The van der Waals surface area contributed by atoms with Gasteiger partial charge in [-0.15, -0.1) is 0 Å². The third-order valence-electron chi connectivity index (χ3n) is 2.03. The molecule has 0 aliphatic heterocycles. The van der Waals surface area contributed by atoms with Crippen molar-refractivity contribution in [2.75, 3.05) is 0 Å². The van der Waals surface area contributed by atoms with Gasteiger partial charge in [-0.2, -0.15) is 0 Å². The van der Waals surface area contributed by atoms with Crippen LogP contribution in [0.4, 0.5) is 0 Å². The molecule has 0 bridgehead atoms. The van der Waals surface area contributed by atoms with Crippen molar-refractivity contribution in [2.24, 2.45) is 5.41 Å². The van der Waals surface area contributed by atoms with E-state index in [2.05, 4.69) is 15.4 Å². The van der Waals surface area contributed by atoms with Gasteiger partial charge in [0.2, 0.25) is 0 Å². The Bertz CT molecular complexity index is 280. The molecule has 0 saturated heterocycles. The molecule has 0 aromatic carbocycles. The highest BCUT2D eigenvalue weighted by Crippen LogP contribution is 2.22. The van der Waals surface area contributed by atoms with Gasteiger partial charge in [0.25, 0.3) is 5.88 Å². The summed E-state index contributed by atoms with van der Waals surface area (Å²) >= 11 is 0. The average Bonchev–Trinajstić information content (AvgIpc) is 2.57. The normalized spacial score (nSPS) is 11.3. The number of hydrogen-bond donors (Lipinski definition) is 1. The monoisotopic (exact) mass is 183 g/mol. The highest BCUT2D eigenvalue weighted by Gasteiger charge is 2.28. The molecule has 0 spiro atoms. The molecular formula is C8H13N3O2. The van der Waals surface area contributed by atoms with E-state index in [4.69, 9.17) is 4.74 Å². The molecule has 1 N–H and O–H groups in total. The van der Waals surface area contributed by atoms with Crippen molar-refractivity contribution >= 4 is 5.97 Å². The first-order valence-electron chi connectivity index (χ1n) is 4.15. The molecular weight excluding hydrogens is 170 g/mol. The summed E-state index contributed by atoms with van der Waals surface area (Å²) in [6.45, 7) is 5.59. The smallest absolute Gasteiger partial charge is 0.318 e. The Hall–Kier alpha value is -1.39. The molecule has 5 heteroatoms. The van der Waals surface area contributed by atoms with Crippen LogP contribution in [0.25, 0.3) is 0 Å². The maximum absolute atomic E-state index is 11.5. The molecule has 5 nitrogen and oxygen atoms in total. The van der Waals surface area contributed by atoms with Crippen molar-refractivity contribution in [3.63, 3.8) is 0 Å². The number of ether oxygens (including phenoxy) is 1. The molecule has 0 saturated carbocycles. The molecule has 0 amide bonds. The van der Waals surface area contributed by atoms with E-state index in [0.29, 0.717) is 0 Å². The maximum Gasteiger partial charge on any atom is 0.318 e. The van der Waals surface area contributed by atoms with Crippen LogP contribution in [-0.2, 0) is 4.79 Å². The zero-order valence-electron chi connectivity index (χ0n) is 8.00. The first-order chi connectivity index (χ1) is 6.06. The van der Waals surface area contributed by atoms with Crippen molar-refractivity contribution in [3.8, 4) is 5.88 Å². The minimum absolute atomic E-state index is 0.214. The van der Waals surface area contributed by atoms with E-state index >= 15 is 0 Å². The number of aromatic amines is 1. The Kier molecular flexibility index (Phi) is 2.65. The summed E-state index contributed by atoms with van der Waals surface area (Å²) in [6, 6.07) is 0. The average molecular weight is 183 g/mol.